The Hall–Kier alpha value is -0.490. The first-order valence-electron chi connectivity index (χ1n) is 3.32. The highest BCUT2D eigenvalue weighted by Crippen LogP contribution is 2.23. The predicted octanol–water partition coefficient (Wildman–Crippen LogP) is 2.03. The number of hydrogen-bond donors (Lipinski definition) is 1. The van der Waals surface area contributed by atoms with Crippen LogP contribution >= 0.6 is 15.9 Å². The number of rotatable bonds is 3. The van der Waals surface area contributed by atoms with Gasteiger partial charge in [-0.1, -0.05) is 15.9 Å². The van der Waals surface area contributed by atoms with Crippen LogP contribution in [0.5, 0.6) is 0 Å². The summed E-state index contributed by atoms with van der Waals surface area (Å²) in [7, 11) is 0. The Morgan fingerprint density at radius 1 is 1.73 bits per heavy atom. The molecule has 0 rings (SSSR count). The van der Waals surface area contributed by atoms with E-state index in [2.05, 4.69) is 27.8 Å². The fourth-order valence-corrected chi connectivity index (χ4v) is 0.727. The van der Waals surface area contributed by atoms with E-state index in [0.29, 0.717) is 12.8 Å². The number of aliphatic carboxylic acids is 1. The Kier molecular flexibility index (Phi) is 4.20. The van der Waals surface area contributed by atoms with Gasteiger partial charge in [-0.15, -0.1) is 11.8 Å². The summed E-state index contributed by atoms with van der Waals surface area (Å²) in [6, 6.07) is 0. The predicted molar refractivity (Wildman–Crippen MR) is 47.7 cm³/mol. The number of carbonyl (C=O) groups is 1. The molecule has 0 bridgehead atoms. The van der Waals surface area contributed by atoms with Crippen LogP contribution in [0.4, 0.5) is 0 Å². The van der Waals surface area contributed by atoms with Crippen LogP contribution < -0.4 is 0 Å². The maximum absolute atomic E-state index is 10.5. The lowest BCUT2D eigenvalue weighted by Crippen LogP contribution is -2.27. The zero-order valence-corrected chi connectivity index (χ0v) is 8.23. The summed E-state index contributed by atoms with van der Waals surface area (Å²) in [5.74, 6) is 4.69. The van der Waals surface area contributed by atoms with Gasteiger partial charge >= 0.3 is 5.97 Å². The zero-order valence-electron chi connectivity index (χ0n) is 6.65. The molecule has 0 heterocycles. The average molecular weight is 219 g/mol. The molecule has 0 aliphatic heterocycles. The van der Waals surface area contributed by atoms with E-state index in [1.807, 2.05) is 0 Å². The second-order valence-electron chi connectivity index (χ2n) is 2.43. The van der Waals surface area contributed by atoms with Crippen LogP contribution in [0, 0.1) is 11.8 Å². The van der Waals surface area contributed by atoms with Gasteiger partial charge in [0.25, 0.3) is 0 Å². The Morgan fingerprint density at radius 3 is 2.64 bits per heavy atom. The minimum absolute atomic E-state index is 0.531. The van der Waals surface area contributed by atoms with Crippen molar-refractivity contribution in [3.8, 4) is 11.8 Å². The molecule has 62 valence electrons. The maximum atomic E-state index is 10.5. The number of hydrogen-bond acceptors (Lipinski definition) is 1. The molecule has 0 radical (unpaired) electrons. The Balaban J connectivity index is 3.89. The third-order valence-electron chi connectivity index (χ3n) is 1.34. The van der Waals surface area contributed by atoms with Gasteiger partial charge in [0.1, 0.15) is 4.32 Å². The molecule has 0 saturated heterocycles. The van der Waals surface area contributed by atoms with Gasteiger partial charge < -0.3 is 5.11 Å². The molecule has 0 aromatic carbocycles. The van der Waals surface area contributed by atoms with Crippen LogP contribution in [0.25, 0.3) is 0 Å². The summed E-state index contributed by atoms with van der Waals surface area (Å²) in [6.45, 7) is 3.37. The van der Waals surface area contributed by atoms with Gasteiger partial charge in [-0.05, 0) is 20.3 Å². The number of halogens is 1. The van der Waals surface area contributed by atoms with Gasteiger partial charge in [0.15, 0.2) is 0 Å². The van der Waals surface area contributed by atoms with Gasteiger partial charge in [0.2, 0.25) is 0 Å². The van der Waals surface area contributed by atoms with Crippen molar-refractivity contribution in [2.24, 2.45) is 0 Å². The zero-order chi connectivity index (χ0) is 8.91. The number of alkyl halides is 1. The van der Waals surface area contributed by atoms with E-state index in [9.17, 15) is 4.79 Å². The fraction of sp³-hybridized carbons (Fsp3) is 0.625. The van der Waals surface area contributed by atoms with Gasteiger partial charge in [-0.25, -0.2) is 0 Å². The average Bonchev–Trinajstić information content (AvgIpc) is 1.88. The van der Waals surface area contributed by atoms with Crippen LogP contribution in [0.3, 0.4) is 0 Å². The molecule has 0 aromatic heterocycles. The molecule has 0 spiro atoms. The third-order valence-corrected chi connectivity index (χ3v) is 2.08. The summed E-state index contributed by atoms with van der Waals surface area (Å²) in [6.07, 6.45) is 1.15. The van der Waals surface area contributed by atoms with Crippen molar-refractivity contribution in [1.82, 2.24) is 0 Å². The van der Waals surface area contributed by atoms with Crippen molar-refractivity contribution < 1.29 is 9.90 Å². The van der Waals surface area contributed by atoms with Gasteiger partial charge in [0, 0.05) is 6.42 Å². The summed E-state index contributed by atoms with van der Waals surface area (Å²) in [5.41, 5.74) is 0. The van der Waals surface area contributed by atoms with Crippen molar-refractivity contribution in [3.05, 3.63) is 0 Å². The molecule has 11 heavy (non-hydrogen) atoms. The molecule has 2 nitrogen and oxygen atoms in total. The number of carboxylic acids is 1. The lowest BCUT2D eigenvalue weighted by Gasteiger charge is -2.14. The molecule has 3 heteroatoms. The second-order valence-corrected chi connectivity index (χ2v) is 4.18. The minimum Gasteiger partial charge on any atom is -0.480 e. The SMILES string of the molecule is CC#CCCC(C)(Br)C(=O)O. The van der Waals surface area contributed by atoms with Crippen LogP contribution in [-0.2, 0) is 4.79 Å². The molecule has 1 atom stereocenters. The van der Waals surface area contributed by atoms with E-state index in [1.54, 1.807) is 13.8 Å². The van der Waals surface area contributed by atoms with Gasteiger partial charge in [0.05, 0.1) is 0 Å². The van der Waals surface area contributed by atoms with E-state index >= 15 is 0 Å². The van der Waals surface area contributed by atoms with E-state index in [1.165, 1.54) is 0 Å². The normalized spacial score (nSPS) is 14.5. The lowest BCUT2D eigenvalue weighted by atomic mass is 10.1. The highest BCUT2D eigenvalue weighted by atomic mass is 79.9. The molecular weight excluding hydrogens is 208 g/mol. The first-order valence-corrected chi connectivity index (χ1v) is 4.12. The first-order chi connectivity index (χ1) is 5.00. The quantitative estimate of drug-likeness (QED) is 0.582. The van der Waals surface area contributed by atoms with Crippen LogP contribution in [0.1, 0.15) is 26.7 Å². The van der Waals surface area contributed by atoms with Crippen LogP contribution in [0.2, 0.25) is 0 Å². The molecule has 0 fully saturated rings. The maximum Gasteiger partial charge on any atom is 0.320 e. The van der Waals surface area contributed by atoms with E-state index in [-0.39, 0.29) is 0 Å². The minimum atomic E-state index is -0.838. The van der Waals surface area contributed by atoms with E-state index < -0.39 is 10.3 Å². The van der Waals surface area contributed by atoms with Crippen molar-refractivity contribution in [1.29, 1.82) is 0 Å². The molecule has 0 amide bonds. The molecule has 0 aliphatic carbocycles. The standard InChI is InChI=1S/C8H11BrO2/c1-3-4-5-6-8(2,9)7(10)11/h5-6H2,1-2H3,(H,10,11). The Labute approximate surface area is 75.1 Å². The van der Waals surface area contributed by atoms with Gasteiger partial charge in [-0.2, -0.15) is 0 Å². The van der Waals surface area contributed by atoms with Crippen LogP contribution in [-0.4, -0.2) is 15.4 Å². The number of carboxylic acid groups (broad SMARTS) is 1. The Bertz CT molecular complexity index is 198. The van der Waals surface area contributed by atoms with Crippen LogP contribution in [0.15, 0.2) is 0 Å². The summed E-state index contributed by atoms with van der Waals surface area (Å²) in [5, 5.41) is 8.65. The molecule has 0 aromatic rings. The highest BCUT2D eigenvalue weighted by Gasteiger charge is 2.28. The molecule has 1 N–H and O–H groups in total. The fourth-order valence-electron chi connectivity index (χ4n) is 0.529. The summed E-state index contributed by atoms with van der Waals surface area (Å²) >= 11 is 3.11. The summed E-state index contributed by atoms with van der Waals surface area (Å²) < 4.78 is -0.823. The van der Waals surface area contributed by atoms with Crippen molar-refractivity contribution in [2.75, 3.05) is 0 Å². The van der Waals surface area contributed by atoms with Crippen molar-refractivity contribution >= 4 is 21.9 Å². The first kappa shape index (κ1) is 10.5. The monoisotopic (exact) mass is 218 g/mol. The van der Waals surface area contributed by atoms with Gasteiger partial charge in [-0.3, -0.25) is 4.79 Å². The van der Waals surface area contributed by atoms with E-state index in [4.69, 9.17) is 5.11 Å². The second kappa shape index (κ2) is 4.40. The van der Waals surface area contributed by atoms with Crippen molar-refractivity contribution in [3.63, 3.8) is 0 Å². The highest BCUT2D eigenvalue weighted by molar-refractivity contribution is 9.10. The summed E-state index contributed by atoms with van der Waals surface area (Å²) in [4.78, 5) is 10.5. The molecule has 0 saturated carbocycles. The molecule has 0 aliphatic rings. The third kappa shape index (κ3) is 4.05. The lowest BCUT2D eigenvalue weighted by molar-refractivity contribution is -0.139. The van der Waals surface area contributed by atoms with E-state index in [0.717, 1.165) is 0 Å². The Morgan fingerprint density at radius 2 is 2.27 bits per heavy atom. The largest absolute Gasteiger partial charge is 0.480 e. The topological polar surface area (TPSA) is 37.3 Å². The molecule has 1 unspecified atom stereocenters. The van der Waals surface area contributed by atoms with Crippen molar-refractivity contribution in [2.45, 2.75) is 31.0 Å². The molecular formula is C8H11BrO2. The smallest absolute Gasteiger partial charge is 0.320 e.